The van der Waals surface area contributed by atoms with Crippen LogP contribution in [0, 0.1) is 0 Å². The van der Waals surface area contributed by atoms with E-state index in [1.807, 2.05) is 30.3 Å². The molecule has 3 aromatic carbocycles. The lowest BCUT2D eigenvalue weighted by Crippen LogP contribution is -2.36. The summed E-state index contributed by atoms with van der Waals surface area (Å²) in [4.78, 5) is 15.0. The molecule has 1 fully saturated rings. The molecule has 1 saturated heterocycles. The zero-order valence-electron chi connectivity index (χ0n) is 16.0. The lowest BCUT2D eigenvalue weighted by atomic mass is 10.0. The Morgan fingerprint density at radius 2 is 1.70 bits per heavy atom. The number of carbonyl (C=O) groups excluding carboxylic acids is 1. The van der Waals surface area contributed by atoms with E-state index in [0.717, 1.165) is 29.5 Å². The van der Waals surface area contributed by atoms with Gasteiger partial charge in [0.1, 0.15) is 0 Å². The monoisotopic (exact) mass is 459 g/mol. The molecular formula is C22H19Cl2N3O2S. The van der Waals surface area contributed by atoms with Crippen LogP contribution in [0.4, 0.5) is 11.4 Å². The van der Waals surface area contributed by atoms with Crippen molar-refractivity contribution < 1.29 is 9.53 Å². The molecule has 154 valence electrons. The van der Waals surface area contributed by atoms with Crippen LogP contribution in [0.1, 0.15) is 10.4 Å². The van der Waals surface area contributed by atoms with Gasteiger partial charge in [0.2, 0.25) is 0 Å². The molecule has 1 amide bonds. The smallest absolute Gasteiger partial charge is 0.258 e. The predicted molar refractivity (Wildman–Crippen MR) is 127 cm³/mol. The molecule has 3 aromatic rings. The van der Waals surface area contributed by atoms with E-state index < -0.39 is 0 Å². The molecule has 0 aliphatic carbocycles. The summed E-state index contributed by atoms with van der Waals surface area (Å²) in [6, 6.07) is 16.5. The number of benzene rings is 3. The minimum Gasteiger partial charge on any atom is -0.378 e. The van der Waals surface area contributed by atoms with Crippen molar-refractivity contribution in [2.24, 2.45) is 0 Å². The van der Waals surface area contributed by atoms with Crippen molar-refractivity contribution in [3.05, 3.63) is 70.2 Å². The van der Waals surface area contributed by atoms with Gasteiger partial charge in [-0.15, -0.1) is 0 Å². The van der Waals surface area contributed by atoms with Gasteiger partial charge in [-0.05, 0) is 47.9 Å². The molecule has 0 atom stereocenters. The number of nitrogens with zero attached hydrogens (tertiary/aromatic N) is 1. The number of nitrogens with one attached hydrogen (secondary N) is 2. The first-order chi connectivity index (χ1) is 14.5. The van der Waals surface area contributed by atoms with E-state index >= 15 is 0 Å². The van der Waals surface area contributed by atoms with Gasteiger partial charge >= 0.3 is 0 Å². The number of amides is 1. The van der Waals surface area contributed by atoms with Crippen molar-refractivity contribution in [3.8, 4) is 0 Å². The Kier molecular flexibility index (Phi) is 6.39. The number of hydrogen-bond donors (Lipinski definition) is 2. The highest BCUT2D eigenvalue weighted by Crippen LogP contribution is 2.29. The predicted octanol–water partition coefficient (Wildman–Crippen LogP) is 5.11. The van der Waals surface area contributed by atoms with Gasteiger partial charge in [-0.25, -0.2) is 0 Å². The number of hydrogen-bond acceptors (Lipinski definition) is 4. The fraction of sp³-hybridized carbons (Fsp3) is 0.182. The lowest BCUT2D eigenvalue weighted by Gasteiger charge is -2.29. The summed E-state index contributed by atoms with van der Waals surface area (Å²) >= 11 is 18.0. The Morgan fingerprint density at radius 3 is 2.47 bits per heavy atom. The van der Waals surface area contributed by atoms with Gasteiger partial charge in [-0.3, -0.25) is 10.1 Å². The van der Waals surface area contributed by atoms with Crippen LogP contribution in [0.15, 0.2) is 54.6 Å². The Morgan fingerprint density at radius 1 is 0.967 bits per heavy atom. The number of ether oxygens (including phenoxy) is 1. The number of carbonyl (C=O) groups is 1. The van der Waals surface area contributed by atoms with E-state index in [-0.39, 0.29) is 11.0 Å². The summed E-state index contributed by atoms with van der Waals surface area (Å²) in [6.45, 7) is 2.98. The van der Waals surface area contributed by atoms with Gasteiger partial charge in [0.25, 0.3) is 5.91 Å². The highest BCUT2D eigenvalue weighted by molar-refractivity contribution is 7.80. The maximum Gasteiger partial charge on any atom is 0.258 e. The third-order valence-electron chi connectivity index (χ3n) is 4.90. The molecule has 0 bridgehead atoms. The van der Waals surface area contributed by atoms with Crippen molar-refractivity contribution in [1.82, 2.24) is 5.32 Å². The summed E-state index contributed by atoms with van der Waals surface area (Å²) in [5.41, 5.74) is 2.15. The van der Waals surface area contributed by atoms with Gasteiger partial charge in [0.15, 0.2) is 5.11 Å². The molecule has 0 spiro atoms. The first kappa shape index (κ1) is 20.9. The molecule has 0 aromatic heterocycles. The summed E-state index contributed by atoms with van der Waals surface area (Å²) in [5, 5.41) is 8.72. The number of rotatable bonds is 3. The molecule has 1 aliphatic rings. The highest BCUT2D eigenvalue weighted by Gasteiger charge is 2.16. The average molecular weight is 460 g/mol. The van der Waals surface area contributed by atoms with Gasteiger partial charge in [0.05, 0.1) is 23.9 Å². The molecule has 1 heterocycles. The standard InChI is InChI=1S/C22H19Cl2N3O2S/c23-18-6-2-3-15-16(18)4-1-5-17(15)21(28)26-22(30)25-14-7-8-20(19(24)13-14)27-9-11-29-12-10-27/h1-8,13H,9-12H2,(H2,25,26,28,30). The van der Waals surface area contributed by atoms with Crippen molar-refractivity contribution in [2.75, 3.05) is 36.5 Å². The molecule has 8 heteroatoms. The summed E-state index contributed by atoms with van der Waals surface area (Å²) in [6.07, 6.45) is 0. The Hall–Kier alpha value is -2.38. The van der Waals surface area contributed by atoms with Crippen LogP contribution >= 0.6 is 35.4 Å². The molecule has 5 nitrogen and oxygen atoms in total. The SMILES string of the molecule is O=C(NC(=S)Nc1ccc(N2CCOCC2)c(Cl)c1)c1cccc2c(Cl)cccc12. The summed E-state index contributed by atoms with van der Waals surface area (Å²) in [5.74, 6) is -0.309. The van der Waals surface area contributed by atoms with E-state index in [4.69, 9.17) is 40.2 Å². The van der Waals surface area contributed by atoms with Crippen LogP contribution in [0.25, 0.3) is 10.8 Å². The van der Waals surface area contributed by atoms with Crippen LogP contribution < -0.4 is 15.5 Å². The molecule has 30 heavy (non-hydrogen) atoms. The van der Waals surface area contributed by atoms with Crippen molar-refractivity contribution >= 4 is 68.6 Å². The second kappa shape index (κ2) is 9.18. The number of halogens is 2. The molecule has 0 saturated carbocycles. The highest BCUT2D eigenvalue weighted by atomic mass is 35.5. The number of anilines is 2. The first-order valence-electron chi connectivity index (χ1n) is 9.45. The average Bonchev–Trinajstić information content (AvgIpc) is 2.74. The Labute approximate surface area is 189 Å². The van der Waals surface area contributed by atoms with Crippen LogP contribution in [0.5, 0.6) is 0 Å². The number of fused-ring (bicyclic) bond motifs is 1. The van der Waals surface area contributed by atoms with Gasteiger partial charge in [-0.1, -0.05) is 47.5 Å². The Balaban J connectivity index is 1.45. The largest absolute Gasteiger partial charge is 0.378 e. The van der Waals surface area contributed by atoms with E-state index in [2.05, 4.69) is 15.5 Å². The Bertz CT molecular complexity index is 1120. The number of thiocarbonyl (C=S) groups is 1. The van der Waals surface area contributed by atoms with Crippen molar-refractivity contribution in [3.63, 3.8) is 0 Å². The van der Waals surface area contributed by atoms with Crippen LogP contribution in [0.2, 0.25) is 10.0 Å². The normalized spacial score (nSPS) is 13.9. The molecule has 0 unspecified atom stereocenters. The van der Waals surface area contributed by atoms with E-state index in [1.54, 1.807) is 24.3 Å². The third kappa shape index (κ3) is 4.52. The van der Waals surface area contributed by atoms with Gasteiger partial charge in [-0.2, -0.15) is 0 Å². The maximum absolute atomic E-state index is 12.8. The van der Waals surface area contributed by atoms with E-state index in [9.17, 15) is 4.79 Å². The van der Waals surface area contributed by atoms with Crippen LogP contribution in [0.3, 0.4) is 0 Å². The maximum atomic E-state index is 12.8. The van der Waals surface area contributed by atoms with Crippen LogP contribution in [-0.4, -0.2) is 37.3 Å². The summed E-state index contributed by atoms with van der Waals surface area (Å²) < 4.78 is 5.38. The fourth-order valence-electron chi connectivity index (χ4n) is 3.45. The second-order valence-corrected chi connectivity index (χ2v) is 8.04. The van der Waals surface area contributed by atoms with E-state index in [0.29, 0.717) is 34.5 Å². The molecular weight excluding hydrogens is 441 g/mol. The molecule has 0 radical (unpaired) electrons. The minimum absolute atomic E-state index is 0.189. The zero-order chi connectivity index (χ0) is 21.1. The fourth-order valence-corrected chi connectivity index (χ4v) is 4.20. The zero-order valence-corrected chi connectivity index (χ0v) is 18.3. The number of morpholine rings is 1. The van der Waals surface area contributed by atoms with Gasteiger partial charge < -0.3 is 15.0 Å². The topological polar surface area (TPSA) is 53.6 Å². The summed E-state index contributed by atoms with van der Waals surface area (Å²) in [7, 11) is 0. The third-order valence-corrected chi connectivity index (χ3v) is 5.73. The van der Waals surface area contributed by atoms with Crippen molar-refractivity contribution in [1.29, 1.82) is 0 Å². The van der Waals surface area contributed by atoms with Crippen molar-refractivity contribution in [2.45, 2.75) is 0 Å². The first-order valence-corrected chi connectivity index (χ1v) is 10.6. The molecule has 4 rings (SSSR count). The van der Waals surface area contributed by atoms with Crippen LogP contribution in [-0.2, 0) is 4.74 Å². The second-order valence-electron chi connectivity index (χ2n) is 6.81. The molecule has 2 N–H and O–H groups in total. The van der Waals surface area contributed by atoms with Gasteiger partial charge in [0, 0.05) is 34.7 Å². The molecule has 1 aliphatic heterocycles. The minimum atomic E-state index is -0.309. The quantitative estimate of drug-likeness (QED) is 0.532. The van der Waals surface area contributed by atoms with E-state index in [1.165, 1.54) is 0 Å². The lowest BCUT2D eigenvalue weighted by molar-refractivity contribution is 0.0979.